The average Bonchev–Trinajstić information content (AvgIpc) is 3.24. The first-order valence-electron chi connectivity index (χ1n) is 11.0. The van der Waals surface area contributed by atoms with Gasteiger partial charge in [-0.3, -0.25) is 14.9 Å². The molecule has 1 heterocycles. The summed E-state index contributed by atoms with van der Waals surface area (Å²) in [7, 11) is 3.18. The van der Waals surface area contributed by atoms with Crippen molar-refractivity contribution in [3.05, 3.63) is 94.5 Å². The fraction of sp³-hybridized carbons (Fsp3) is 0.185. The predicted octanol–water partition coefficient (Wildman–Crippen LogP) is 4.88. The number of aromatic amines is 1. The number of H-pyrrole nitrogens is 1. The Labute approximate surface area is 202 Å². The molecule has 0 aliphatic carbocycles. The van der Waals surface area contributed by atoms with Gasteiger partial charge in [-0.1, -0.05) is 12.1 Å². The minimum absolute atomic E-state index is 0.283. The van der Waals surface area contributed by atoms with Crippen molar-refractivity contribution < 1.29 is 18.6 Å². The number of hydrogen-bond acceptors (Lipinski definition) is 5. The van der Waals surface area contributed by atoms with E-state index in [-0.39, 0.29) is 11.4 Å². The quantitative estimate of drug-likeness (QED) is 0.277. The Balaban J connectivity index is 1.65. The summed E-state index contributed by atoms with van der Waals surface area (Å²) in [5.74, 6) is 1.59. The molecule has 0 amide bonds. The van der Waals surface area contributed by atoms with E-state index in [4.69, 9.17) is 14.2 Å². The van der Waals surface area contributed by atoms with Crippen LogP contribution >= 0.6 is 0 Å². The van der Waals surface area contributed by atoms with Gasteiger partial charge in [-0.25, -0.2) is 9.07 Å². The minimum Gasteiger partial charge on any atom is -0.497 e. The summed E-state index contributed by atoms with van der Waals surface area (Å²) < 4.78 is 31.2. The Morgan fingerprint density at radius 1 is 0.943 bits per heavy atom. The number of aromatic nitrogens is 2. The van der Waals surface area contributed by atoms with Crippen molar-refractivity contribution in [2.24, 2.45) is 4.99 Å². The normalized spacial score (nSPS) is 11.4. The topological polar surface area (TPSA) is 77.8 Å². The Kier molecular flexibility index (Phi) is 7.30. The molecule has 0 spiro atoms. The summed E-state index contributed by atoms with van der Waals surface area (Å²) in [6.07, 6.45) is 0. The van der Waals surface area contributed by atoms with Crippen LogP contribution in [0.15, 0.2) is 82.6 Å². The van der Waals surface area contributed by atoms with Gasteiger partial charge < -0.3 is 14.2 Å². The maximum absolute atomic E-state index is 13.4. The number of nitrogens with zero attached hydrogens (tertiary/aromatic N) is 2. The van der Waals surface area contributed by atoms with Crippen LogP contribution in [0.3, 0.4) is 0 Å². The number of rotatable bonds is 9. The highest BCUT2D eigenvalue weighted by atomic mass is 19.1. The molecule has 0 radical (unpaired) electrons. The molecule has 0 aliphatic rings. The minimum atomic E-state index is -0.378. The second-order valence-electron chi connectivity index (χ2n) is 7.67. The third-order valence-corrected chi connectivity index (χ3v) is 5.48. The highest BCUT2D eigenvalue weighted by molar-refractivity contribution is 6.03. The van der Waals surface area contributed by atoms with Crippen molar-refractivity contribution in [1.29, 1.82) is 0 Å². The van der Waals surface area contributed by atoms with E-state index in [1.807, 2.05) is 48.5 Å². The van der Waals surface area contributed by atoms with Gasteiger partial charge in [0.1, 0.15) is 18.2 Å². The molecule has 3 aromatic carbocycles. The molecule has 8 heteroatoms. The zero-order valence-corrected chi connectivity index (χ0v) is 19.7. The molecule has 180 valence electrons. The van der Waals surface area contributed by atoms with Gasteiger partial charge in [0.15, 0.2) is 11.5 Å². The van der Waals surface area contributed by atoms with Crippen molar-refractivity contribution in [2.75, 3.05) is 27.4 Å². The molecule has 1 aromatic heterocycles. The van der Waals surface area contributed by atoms with Gasteiger partial charge in [0, 0.05) is 11.3 Å². The summed E-state index contributed by atoms with van der Waals surface area (Å²) in [5, 5.41) is 3.16. The highest BCUT2D eigenvalue weighted by Crippen LogP contribution is 2.26. The van der Waals surface area contributed by atoms with Crippen LogP contribution in [0.1, 0.15) is 12.5 Å². The van der Waals surface area contributed by atoms with Gasteiger partial charge in [0.2, 0.25) is 0 Å². The van der Waals surface area contributed by atoms with Crippen molar-refractivity contribution >= 4 is 5.71 Å². The van der Waals surface area contributed by atoms with Crippen molar-refractivity contribution in [2.45, 2.75) is 6.92 Å². The number of halogens is 1. The second kappa shape index (κ2) is 10.7. The molecule has 7 nitrogen and oxygen atoms in total. The standard InChI is InChI=1S/C27H26FN3O4/c1-18(29-16-17-35-24-7-5-4-6-23(24)34-3)25-26(19-8-14-22(33-2)15-9-19)30-31(27(25)32)21-12-10-20(28)11-13-21/h4-15,30H,16-17H2,1-3H3. The van der Waals surface area contributed by atoms with Crippen LogP contribution in [0.2, 0.25) is 0 Å². The molecular weight excluding hydrogens is 449 g/mol. The Hall–Kier alpha value is -4.33. The van der Waals surface area contributed by atoms with Crippen LogP contribution in [-0.4, -0.2) is 42.9 Å². The summed E-state index contributed by atoms with van der Waals surface area (Å²) >= 11 is 0. The maximum atomic E-state index is 13.4. The molecule has 0 saturated carbocycles. The lowest BCUT2D eigenvalue weighted by Crippen LogP contribution is -2.20. The lowest BCUT2D eigenvalue weighted by Gasteiger charge is -2.09. The first-order chi connectivity index (χ1) is 17.0. The number of ether oxygens (including phenoxy) is 3. The van der Waals surface area contributed by atoms with Gasteiger partial charge in [-0.05, 0) is 67.6 Å². The zero-order valence-electron chi connectivity index (χ0n) is 19.7. The average molecular weight is 476 g/mol. The van der Waals surface area contributed by atoms with Crippen LogP contribution in [0.25, 0.3) is 16.9 Å². The molecule has 0 fully saturated rings. The Morgan fingerprint density at radius 3 is 2.29 bits per heavy atom. The summed E-state index contributed by atoms with van der Waals surface area (Å²) in [6.45, 7) is 2.44. The molecular formula is C27H26FN3O4. The molecule has 0 atom stereocenters. The van der Waals surface area contributed by atoms with E-state index in [0.717, 1.165) is 5.56 Å². The van der Waals surface area contributed by atoms with E-state index in [1.54, 1.807) is 33.3 Å². The smallest absolute Gasteiger partial charge is 0.280 e. The van der Waals surface area contributed by atoms with E-state index < -0.39 is 0 Å². The molecule has 0 unspecified atom stereocenters. The molecule has 0 bridgehead atoms. The number of hydrogen-bond donors (Lipinski definition) is 1. The lowest BCUT2D eigenvalue weighted by molar-refractivity contribution is 0.303. The van der Waals surface area contributed by atoms with Crippen LogP contribution in [0, 0.1) is 5.82 Å². The van der Waals surface area contributed by atoms with E-state index >= 15 is 0 Å². The first kappa shape index (κ1) is 23.8. The number of benzene rings is 3. The fourth-order valence-electron chi connectivity index (χ4n) is 3.70. The van der Waals surface area contributed by atoms with Crippen molar-refractivity contribution in [3.8, 4) is 34.2 Å². The van der Waals surface area contributed by atoms with Gasteiger partial charge in [0.25, 0.3) is 5.56 Å². The third kappa shape index (κ3) is 5.27. The van der Waals surface area contributed by atoms with E-state index in [2.05, 4.69) is 10.1 Å². The molecule has 0 aliphatic heterocycles. The molecule has 4 aromatic rings. The zero-order chi connectivity index (χ0) is 24.8. The van der Waals surface area contributed by atoms with E-state index in [9.17, 15) is 9.18 Å². The Morgan fingerprint density at radius 2 is 1.63 bits per heavy atom. The summed E-state index contributed by atoms with van der Waals surface area (Å²) in [5.41, 5.74) is 2.62. The number of aliphatic imine (C=N–C) groups is 1. The summed E-state index contributed by atoms with van der Waals surface area (Å²) in [4.78, 5) is 18.0. The number of nitrogens with one attached hydrogen (secondary N) is 1. The van der Waals surface area contributed by atoms with Gasteiger partial charge in [-0.15, -0.1) is 0 Å². The fourth-order valence-corrected chi connectivity index (χ4v) is 3.70. The summed E-state index contributed by atoms with van der Waals surface area (Å²) in [6, 6.07) is 20.5. The molecule has 0 saturated heterocycles. The van der Waals surface area contributed by atoms with E-state index in [1.165, 1.54) is 16.8 Å². The van der Waals surface area contributed by atoms with E-state index in [0.29, 0.717) is 53.1 Å². The second-order valence-corrected chi connectivity index (χ2v) is 7.67. The molecule has 1 N–H and O–H groups in total. The lowest BCUT2D eigenvalue weighted by atomic mass is 10.1. The Bertz CT molecular complexity index is 1370. The first-order valence-corrected chi connectivity index (χ1v) is 11.0. The number of para-hydroxylation sites is 2. The van der Waals surface area contributed by atoms with Gasteiger partial charge in [0.05, 0.1) is 37.7 Å². The monoisotopic (exact) mass is 475 g/mol. The van der Waals surface area contributed by atoms with Crippen LogP contribution in [0.5, 0.6) is 17.2 Å². The van der Waals surface area contributed by atoms with Crippen molar-refractivity contribution in [3.63, 3.8) is 0 Å². The van der Waals surface area contributed by atoms with Crippen LogP contribution in [0.4, 0.5) is 4.39 Å². The SMILES string of the molecule is COc1ccc(-c2[nH]n(-c3ccc(F)cc3)c(=O)c2C(C)=NCCOc2ccccc2OC)cc1. The van der Waals surface area contributed by atoms with Crippen LogP contribution < -0.4 is 19.8 Å². The highest BCUT2D eigenvalue weighted by Gasteiger charge is 2.19. The largest absolute Gasteiger partial charge is 0.497 e. The van der Waals surface area contributed by atoms with Gasteiger partial charge >= 0.3 is 0 Å². The predicted molar refractivity (Wildman–Crippen MR) is 134 cm³/mol. The van der Waals surface area contributed by atoms with Crippen LogP contribution in [-0.2, 0) is 0 Å². The number of methoxy groups -OCH3 is 2. The molecule has 35 heavy (non-hydrogen) atoms. The third-order valence-electron chi connectivity index (χ3n) is 5.48. The van der Waals surface area contributed by atoms with Gasteiger partial charge in [-0.2, -0.15) is 0 Å². The maximum Gasteiger partial charge on any atom is 0.280 e. The molecule has 4 rings (SSSR count). The van der Waals surface area contributed by atoms with Crippen molar-refractivity contribution in [1.82, 2.24) is 9.78 Å².